The van der Waals surface area contributed by atoms with Gasteiger partial charge in [-0.2, -0.15) is 0 Å². The van der Waals surface area contributed by atoms with E-state index in [0.29, 0.717) is 6.61 Å². The Hall–Kier alpha value is -1.06. The Morgan fingerprint density at radius 1 is 1.42 bits per heavy atom. The standard InChI is InChI=1S/C16H25NO2/c1-2-14(17)10-13-6-5-8-15(11-13)19-12-16-7-3-4-9-18-16/h5-6,8,11,14,16H,2-4,7,9-10,12,17H2,1H3. The summed E-state index contributed by atoms with van der Waals surface area (Å²) in [7, 11) is 0. The maximum absolute atomic E-state index is 5.99. The van der Waals surface area contributed by atoms with Gasteiger partial charge in [-0.15, -0.1) is 0 Å². The van der Waals surface area contributed by atoms with Crippen molar-refractivity contribution in [3.05, 3.63) is 29.8 Å². The van der Waals surface area contributed by atoms with E-state index in [4.69, 9.17) is 15.2 Å². The fraction of sp³-hybridized carbons (Fsp3) is 0.625. The summed E-state index contributed by atoms with van der Waals surface area (Å²) in [6.07, 6.45) is 5.71. The number of nitrogens with two attached hydrogens (primary N) is 1. The number of benzene rings is 1. The first-order chi connectivity index (χ1) is 9.28. The van der Waals surface area contributed by atoms with Crippen LogP contribution in [0.3, 0.4) is 0 Å². The van der Waals surface area contributed by atoms with Crippen molar-refractivity contribution in [1.82, 2.24) is 0 Å². The van der Waals surface area contributed by atoms with Crippen molar-refractivity contribution >= 4 is 0 Å². The number of hydrogen-bond donors (Lipinski definition) is 1. The molecule has 0 aliphatic carbocycles. The summed E-state index contributed by atoms with van der Waals surface area (Å²) in [6, 6.07) is 8.48. The van der Waals surface area contributed by atoms with E-state index in [0.717, 1.165) is 31.6 Å². The minimum absolute atomic E-state index is 0.233. The summed E-state index contributed by atoms with van der Waals surface area (Å²) >= 11 is 0. The number of ether oxygens (including phenoxy) is 2. The maximum atomic E-state index is 5.99. The molecule has 0 bridgehead atoms. The van der Waals surface area contributed by atoms with E-state index in [9.17, 15) is 0 Å². The van der Waals surface area contributed by atoms with Crippen molar-refractivity contribution < 1.29 is 9.47 Å². The first-order valence-corrected chi connectivity index (χ1v) is 7.37. The second-order valence-electron chi connectivity index (χ2n) is 5.32. The summed E-state index contributed by atoms with van der Waals surface area (Å²) in [5, 5.41) is 0. The molecule has 0 aromatic heterocycles. The molecule has 2 unspecified atom stereocenters. The average Bonchev–Trinajstić information content (AvgIpc) is 2.46. The van der Waals surface area contributed by atoms with Crippen molar-refractivity contribution in [2.24, 2.45) is 5.73 Å². The van der Waals surface area contributed by atoms with Crippen molar-refractivity contribution in [3.63, 3.8) is 0 Å². The van der Waals surface area contributed by atoms with E-state index < -0.39 is 0 Å². The van der Waals surface area contributed by atoms with Gasteiger partial charge in [0.2, 0.25) is 0 Å². The van der Waals surface area contributed by atoms with Gasteiger partial charge in [0.15, 0.2) is 0 Å². The molecule has 1 fully saturated rings. The molecule has 1 aromatic carbocycles. The predicted molar refractivity (Wildman–Crippen MR) is 77.5 cm³/mol. The van der Waals surface area contributed by atoms with Crippen LogP contribution in [0, 0.1) is 0 Å². The van der Waals surface area contributed by atoms with Crippen LogP contribution in [-0.2, 0) is 11.2 Å². The highest BCUT2D eigenvalue weighted by Gasteiger charge is 2.14. The Morgan fingerprint density at radius 3 is 3.05 bits per heavy atom. The Balaban J connectivity index is 1.84. The van der Waals surface area contributed by atoms with Gasteiger partial charge >= 0.3 is 0 Å². The van der Waals surface area contributed by atoms with Gasteiger partial charge in [-0.1, -0.05) is 19.1 Å². The van der Waals surface area contributed by atoms with Crippen molar-refractivity contribution in [2.75, 3.05) is 13.2 Å². The molecule has 1 aliphatic rings. The molecule has 2 N–H and O–H groups in total. The quantitative estimate of drug-likeness (QED) is 0.858. The summed E-state index contributed by atoms with van der Waals surface area (Å²) in [6.45, 7) is 3.65. The second-order valence-corrected chi connectivity index (χ2v) is 5.32. The highest BCUT2D eigenvalue weighted by atomic mass is 16.5. The monoisotopic (exact) mass is 263 g/mol. The molecule has 3 heteroatoms. The molecular formula is C16H25NO2. The Morgan fingerprint density at radius 2 is 2.32 bits per heavy atom. The van der Waals surface area contributed by atoms with Gasteiger partial charge in [0.05, 0.1) is 6.10 Å². The molecule has 0 amide bonds. The third-order valence-corrected chi connectivity index (χ3v) is 3.63. The van der Waals surface area contributed by atoms with Gasteiger partial charge in [0, 0.05) is 12.6 Å². The summed E-state index contributed by atoms with van der Waals surface area (Å²) in [4.78, 5) is 0. The lowest BCUT2D eigenvalue weighted by Gasteiger charge is -2.22. The highest BCUT2D eigenvalue weighted by Crippen LogP contribution is 2.18. The Bertz CT molecular complexity index is 375. The fourth-order valence-electron chi connectivity index (χ4n) is 2.34. The summed E-state index contributed by atoms with van der Waals surface area (Å²) < 4.78 is 11.5. The smallest absolute Gasteiger partial charge is 0.119 e. The Kier molecular flexibility index (Phi) is 5.67. The van der Waals surface area contributed by atoms with Crippen molar-refractivity contribution in [2.45, 2.75) is 51.2 Å². The topological polar surface area (TPSA) is 44.5 Å². The predicted octanol–water partition coefficient (Wildman–Crippen LogP) is 2.91. The molecule has 0 saturated carbocycles. The fourth-order valence-corrected chi connectivity index (χ4v) is 2.34. The van der Waals surface area contributed by atoms with Crippen LogP contribution in [-0.4, -0.2) is 25.4 Å². The molecule has 0 radical (unpaired) electrons. The lowest BCUT2D eigenvalue weighted by molar-refractivity contribution is -0.0110. The lowest BCUT2D eigenvalue weighted by Crippen LogP contribution is -2.25. The van der Waals surface area contributed by atoms with E-state index in [1.807, 2.05) is 12.1 Å². The van der Waals surface area contributed by atoms with Crippen LogP contribution in [0.4, 0.5) is 0 Å². The van der Waals surface area contributed by atoms with Gasteiger partial charge in [-0.05, 0) is 49.8 Å². The van der Waals surface area contributed by atoms with E-state index >= 15 is 0 Å². The van der Waals surface area contributed by atoms with Crippen molar-refractivity contribution in [1.29, 1.82) is 0 Å². The van der Waals surface area contributed by atoms with Gasteiger partial charge in [-0.3, -0.25) is 0 Å². The normalized spacial score (nSPS) is 21.1. The van der Waals surface area contributed by atoms with Gasteiger partial charge in [-0.25, -0.2) is 0 Å². The first kappa shape index (κ1) is 14.4. The zero-order valence-corrected chi connectivity index (χ0v) is 11.8. The molecular weight excluding hydrogens is 238 g/mol. The van der Waals surface area contributed by atoms with E-state index in [1.54, 1.807) is 0 Å². The largest absolute Gasteiger partial charge is 0.491 e. The van der Waals surface area contributed by atoms with Gasteiger partial charge in [0.25, 0.3) is 0 Å². The minimum Gasteiger partial charge on any atom is -0.491 e. The van der Waals surface area contributed by atoms with Crippen LogP contribution >= 0.6 is 0 Å². The first-order valence-electron chi connectivity index (χ1n) is 7.37. The van der Waals surface area contributed by atoms with Crippen LogP contribution < -0.4 is 10.5 Å². The molecule has 106 valence electrons. The van der Waals surface area contributed by atoms with E-state index in [1.165, 1.54) is 18.4 Å². The molecule has 1 aromatic rings. The zero-order chi connectivity index (χ0) is 13.5. The summed E-state index contributed by atoms with van der Waals surface area (Å²) in [5.41, 5.74) is 7.23. The second kappa shape index (κ2) is 7.51. The van der Waals surface area contributed by atoms with E-state index in [-0.39, 0.29) is 12.1 Å². The SMILES string of the molecule is CCC(N)Cc1cccc(OCC2CCCCO2)c1. The molecule has 2 rings (SSSR count). The van der Waals surface area contributed by atoms with Crippen LogP contribution in [0.25, 0.3) is 0 Å². The molecule has 3 nitrogen and oxygen atoms in total. The number of rotatable bonds is 6. The van der Waals surface area contributed by atoms with Crippen molar-refractivity contribution in [3.8, 4) is 5.75 Å². The molecule has 0 spiro atoms. The molecule has 19 heavy (non-hydrogen) atoms. The number of hydrogen-bond acceptors (Lipinski definition) is 3. The molecule has 1 heterocycles. The Labute approximate surface area is 116 Å². The van der Waals surface area contributed by atoms with Crippen LogP contribution in [0.2, 0.25) is 0 Å². The highest BCUT2D eigenvalue weighted by molar-refractivity contribution is 5.29. The zero-order valence-electron chi connectivity index (χ0n) is 11.8. The third kappa shape index (κ3) is 4.84. The lowest BCUT2D eigenvalue weighted by atomic mass is 10.0. The third-order valence-electron chi connectivity index (χ3n) is 3.63. The van der Waals surface area contributed by atoms with E-state index in [2.05, 4.69) is 19.1 Å². The average molecular weight is 263 g/mol. The molecule has 2 atom stereocenters. The minimum atomic E-state index is 0.233. The maximum Gasteiger partial charge on any atom is 0.119 e. The van der Waals surface area contributed by atoms with Crippen LogP contribution in [0.1, 0.15) is 38.2 Å². The van der Waals surface area contributed by atoms with Gasteiger partial charge < -0.3 is 15.2 Å². The van der Waals surface area contributed by atoms with Gasteiger partial charge in [0.1, 0.15) is 12.4 Å². The molecule has 1 aliphatic heterocycles. The molecule has 1 saturated heterocycles. The van der Waals surface area contributed by atoms with Crippen LogP contribution in [0.5, 0.6) is 5.75 Å². The summed E-state index contributed by atoms with van der Waals surface area (Å²) in [5.74, 6) is 0.926. The van der Waals surface area contributed by atoms with Crippen LogP contribution in [0.15, 0.2) is 24.3 Å².